The van der Waals surface area contributed by atoms with Gasteiger partial charge in [-0.15, -0.1) is 0 Å². The molecule has 0 radical (unpaired) electrons. The Morgan fingerprint density at radius 3 is 2.38 bits per heavy atom. The summed E-state index contributed by atoms with van der Waals surface area (Å²) in [6, 6.07) is 8.47. The number of hydrogen-bond acceptors (Lipinski definition) is 3. The second-order valence-corrected chi connectivity index (χ2v) is 7.64. The summed E-state index contributed by atoms with van der Waals surface area (Å²) in [5, 5.41) is 3.66. The standard InChI is InChI=1S/C18H29NOS/c1-15(2)20-17-9-7-16(8-10-17)13-19-14-18(21-3)11-5-4-6-12-18/h7-10,15,19H,4-6,11-14H2,1-3H3. The van der Waals surface area contributed by atoms with Gasteiger partial charge in [0.1, 0.15) is 5.75 Å². The van der Waals surface area contributed by atoms with Gasteiger partial charge >= 0.3 is 0 Å². The first-order valence-corrected chi connectivity index (χ1v) is 9.37. The average molecular weight is 308 g/mol. The molecule has 1 aliphatic rings. The van der Waals surface area contributed by atoms with Crippen LogP contribution in [0.1, 0.15) is 51.5 Å². The molecule has 0 spiro atoms. The second-order valence-electron chi connectivity index (χ2n) is 6.36. The van der Waals surface area contributed by atoms with E-state index in [9.17, 15) is 0 Å². The van der Waals surface area contributed by atoms with Crippen molar-refractivity contribution in [1.29, 1.82) is 0 Å². The number of ether oxygens (including phenoxy) is 1. The van der Waals surface area contributed by atoms with Gasteiger partial charge < -0.3 is 10.1 Å². The molecule has 0 aliphatic heterocycles. The largest absolute Gasteiger partial charge is 0.491 e. The average Bonchev–Trinajstić information content (AvgIpc) is 2.49. The number of thioether (sulfide) groups is 1. The summed E-state index contributed by atoms with van der Waals surface area (Å²) < 4.78 is 6.15. The molecule has 0 atom stereocenters. The van der Waals surface area contributed by atoms with E-state index >= 15 is 0 Å². The fraction of sp³-hybridized carbons (Fsp3) is 0.667. The second kappa shape index (κ2) is 8.09. The Labute approximate surface area is 134 Å². The smallest absolute Gasteiger partial charge is 0.119 e. The number of rotatable bonds is 7. The number of hydrogen-bond donors (Lipinski definition) is 1. The van der Waals surface area contributed by atoms with E-state index in [-0.39, 0.29) is 6.10 Å². The van der Waals surface area contributed by atoms with Crippen LogP contribution < -0.4 is 10.1 Å². The molecule has 1 N–H and O–H groups in total. The molecule has 1 aromatic carbocycles. The van der Waals surface area contributed by atoms with E-state index in [0.29, 0.717) is 4.75 Å². The molecule has 0 amide bonds. The van der Waals surface area contributed by atoms with Crippen LogP contribution in [0.25, 0.3) is 0 Å². The van der Waals surface area contributed by atoms with Gasteiger partial charge in [-0.1, -0.05) is 31.4 Å². The van der Waals surface area contributed by atoms with Crippen molar-refractivity contribution in [2.24, 2.45) is 0 Å². The summed E-state index contributed by atoms with van der Waals surface area (Å²) in [5.41, 5.74) is 1.33. The van der Waals surface area contributed by atoms with Gasteiger partial charge in [-0.2, -0.15) is 11.8 Å². The minimum atomic E-state index is 0.238. The number of benzene rings is 1. The van der Waals surface area contributed by atoms with E-state index in [2.05, 4.69) is 61.4 Å². The van der Waals surface area contributed by atoms with Crippen LogP contribution in [0, 0.1) is 0 Å². The highest BCUT2D eigenvalue weighted by atomic mass is 32.2. The van der Waals surface area contributed by atoms with E-state index in [1.165, 1.54) is 37.7 Å². The van der Waals surface area contributed by atoms with E-state index in [4.69, 9.17) is 4.74 Å². The SMILES string of the molecule is CSC1(CNCc2ccc(OC(C)C)cc2)CCCCC1. The van der Waals surface area contributed by atoms with Gasteiger partial charge in [-0.3, -0.25) is 0 Å². The highest BCUT2D eigenvalue weighted by Gasteiger charge is 2.30. The summed E-state index contributed by atoms with van der Waals surface area (Å²) in [6.07, 6.45) is 9.43. The zero-order valence-corrected chi connectivity index (χ0v) is 14.5. The Hall–Kier alpha value is -0.670. The normalized spacial score (nSPS) is 17.9. The van der Waals surface area contributed by atoms with Crippen molar-refractivity contribution < 1.29 is 4.74 Å². The first-order chi connectivity index (χ1) is 10.1. The summed E-state index contributed by atoms with van der Waals surface area (Å²) in [7, 11) is 0. The van der Waals surface area contributed by atoms with E-state index in [1.54, 1.807) is 0 Å². The Morgan fingerprint density at radius 1 is 1.14 bits per heavy atom. The number of nitrogens with one attached hydrogen (secondary N) is 1. The molecule has 3 heteroatoms. The summed E-state index contributed by atoms with van der Waals surface area (Å²) >= 11 is 2.06. The van der Waals surface area contributed by atoms with Crippen molar-refractivity contribution in [1.82, 2.24) is 5.32 Å². The van der Waals surface area contributed by atoms with Gasteiger partial charge in [0, 0.05) is 17.8 Å². The molecule has 118 valence electrons. The third-order valence-electron chi connectivity index (χ3n) is 4.27. The third kappa shape index (κ3) is 5.23. The maximum atomic E-state index is 5.68. The predicted molar refractivity (Wildman–Crippen MR) is 93.2 cm³/mol. The lowest BCUT2D eigenvalue weighted by Crippen LogP contribution is -2.39. The lowest BCUT2D eigenvalue weighted by atomic mass is 9.88. The maximum Gasteiger partial charge on any atom is 0.119 e. The molecule has 0 unspecified atom stereocenters. The molecule has 1 fully saturated rings. The molecule has 0 bridgehead atoms. The van der Waals surface area contributed by atoms with Crippen LogP contribution in [0.3, 0.4) is 0 Å². The van der Waals surface area contributed by atoms with E-state index < -0.39 is 0 Å². The molecule has 0 saturated heterocycles. The zero-order chi connectivity index (χ0) is 15.1. The first-order valence-electron chi connectivity index (χ1n) is 8.15. The molecule has 1 saturated carbocycles. The molecule has 1 aliphatic carbocycles. The van der Waals surface area contributed by atoms with Crippen LogP contribution in [0.15, 0.2) is 24.3 Å². The van der Waals surface area contributed by atoms with Crippen molar-refractivity contribution in [3.05, 3.63) is 29.8 Å². The van der Waals surface area contributed by atoms with Gasteiger partial charge in [0.25, 0.3) is 0 Å². The van der Waals surface area contributed by atoms with Crippen LogP contribution in [0.4, 0.5) is 0 Å². The fourth-order valence-corrected chi connectivity index (χ4v) is 3.99. The summed E-state index contributed by atoms with van der Waals surface area (Å²) in [5.74, 6) is 0.960. The van der Waals surface area contributed by atoms with E-state index in [1.807, 2.05) is 0 Å². The van der Waals surface area contributed by atoms with Crippen LogP contribution >= 0.6 is 11.8 Å². The topological polar surface area (TPSA) is 21.3 Å². The molecule has 2 nitrogen and oxygen atoms in total. The molecule has 1 aromatic rings. The molecular weight excluding hydrogens is 278 g/mol. The fourth-order valence-electron chi connectivity index (χ4n) is 3.04. The Bertz CT molecular complexity index is 410. The Morgan fingerprint density at radius 2 is 1.81 bits per heavy atom. The van der Waals surface area contributed by atoms with E-state index in [0.717, 1.165) is 18.8 Å². The molecular formula is C18H29NOS. The Kier molecular flexibility index (Phi) is 6.43. The van der Waals surface area contributed by atoms with Crippen LogP contribution in [-0.2, 0) is 6.54 Å². The van der Waals surface area contributed by atoms with Gasteiger partial charge in [0.15, 0.2) is 0 Å². The van der Waals surface area contributed by atoms with Gasteiger partial charge in [0.2, 0.25) is 0 Å². The lowest BCUT2D eigenvalue weighted by molar-refractivity contribution is 0.242. The van der Waals surface area contributed by atoms with Crippen LogP contribution in [0.5, 0.6) is 5.75 Å². The quantitative estimate of drug-likeness (QED) is 0.793. The zero-order valence-electron chi connectivity index (χ0n) is 13.7. The summed E-state index contributed by atoms with van der Waals surface area (Å²) in [4.78, 5) is 0. The van der Waals surface area contributed by atoms with Crippen molar-refractivity contribution in [2.75, 3.05) is 12.8 Å². The van der Waals surface area contributed by atoms with Crippen LogP contribution in [0.2, 0.25) is 0 Å². The highest BCUT2D eigenvalue weighted by Crippen LogP contribution is 2.37. The first kappa shape index (κ1) is 16.7. The van der Waals surface area contributed by atoms with Crippen molar-refractivity contribution in [2.45, 2.75) is 63.3 Å². The molecule has 0 heterocycles. The minimum Gasteiger partial charge on any atom is -0.491 e. The molecule has 2 rings (SSSR count). The highest BCUT2D eigenvalue weighted by molar-refractivity contribution is 8.00. The minimum absolute atomic E-state index is 0.238. The molecule has 21 heavy (non-hydrogen) atoms. The van der Waals surface area contributed by atoms with Crippen molar-refractivity contribution in [3.63, 3.8) is 0 Å². The third-order valence-corrected chi connectivity index (χ3v) is 5.69. The predicted octanol–water partition coefficient (Wildman–Crippen LogP) is 4.63. The van der Waals surface area contributed by atoms with Crippen molar-refractivity contribution >= 4 is 11.8 Å². The monoisotopic (exact) mass is 307 g/mol. The summed E-state index contributed by atoms with van der Waals surface area (Å²) in [6.45, 7) is 6.19. The maximum absolute atomic E-state index is 5.68. The van der Waals surface area contributed by atoms with Gasteiger partial charge in [0.05, 0.1) is 6.10 Å². The molecule has 0 aromatic heterocycles. The lowest BCUT2D eigenvalue weighted by Gasteiger charge is -2.36. The van der Waals surface area contributed by atoms with Gasteiger partial charge in [-0.05, 0) is 50.6 Å². The van der Waals surface area contributed by atoms with Crippen LogP contribution in [-0.4, -0.2) is 23.7 Å². The van der Waals surface area contributed by atoms with Gasteiger partial charge in [-0.25, -0.2) is 0 Å². The van der Waals surface area contributed by atoms with Crippen molar-refractivity contribution in [3.8, 4) is 5.75 Å². The Balaban J connectivity index is 1.79.